The molecule has 1 aromatic carbocycles. The maximum atomic E-state index is 12.0. The van der Waals surface area contributed by atoms with Crippen LogP contribution in [0.1, 0.15) is 17.5 Å². The number of nitrogens with one attached hydrogen (secondary N) is 2. The number of rotatable bonds is 5. The van der Waals surface area contributed by atoms with Crippen molar-refractivity contribution in [3.8, 4) is 0 Å². The molecule has 0 unspecified atom stereocenters. The average Bonchev–Trinajstić information content (AvgIpc) is 3.01. The molecule has 122 valence electrons. The third-order valence-corrected chi connectivity index (χ3v) is 4.16. The van der Waals surface area contributed by atoms with Gasteiger partial charge < -0.3 is 15.1 Å². The average molecular weight is 336 g/mol. The summed E-state index contributed by atoms with van der Waals surface area (Å²) >= 11 is 0. The largest absolute Gasteiger partial charge is 0.459 e. The van der Waals surface area contributed by atoms with Crippen molar-refractivity contribution in [1.82, 2.24) is 5.32 Å². The molecule has 0 bridgehead atoms. The van der Waals surface area contributed by atoms with Gasteiger partial charge >= 0.3 is 0 Å². The number of benzene rings is 1. The molecule has 0 aliphatic heterocycles. The maximum absolute atomic E-state index is 12.0. The zero-order valence-corrected chi connectivity index (χ0v) is 13.4. The van der Waals surface area contributed by atoms with Gasteiger partial charge in [0, 0.05) is 11.9 Å². The molecule has 8 heteroatoms. The van der Waals surface area contributed by atoms with Crippen LogP contribution in [0.25, 0.3) is 0 Å². The van der Waals surface area contributed by atoms with E-state index in [1.807, 2.05) is 0 Å². The van der Waals surface area contributed by atoms with Crippen LogP contribution < -0.4 is 10.6 Å². The quantitative estimate of drug-likeness (QED) is 0.859. The van der Waals surface area contributed by atoms with E-state index in [9.17, 15) is 18.0 Å². The highest BCUT2D eigenvalue weighted by Gasteiger charge is 2.18. The van der Waals surface area contributed by atoms with Gasteiger partial charge in [-0.15, -0.1) is 0 Å². The minimum Gasteiger partial charge on any atom is -0.459 e. The molecule has 2 rings (SSSR count). The molecule has 0 spiro atoms. The van der Waals surface area contributed by atoms with E-state index in [4.69, 9.17) is 4.42 Å². The van der Waals surface area contributed by atoms with E-state index in [0.717, 1.165) is 6.26 Å². The molecule has 0 aliphatic carbocycles. The highest BCUT2D eigenvalue weighted by molar-refractivity contribution is 7.90. The normalized spacial score (nSPS) is 12.4. The van der Waals surface area contributed by atoms with Crippen molar-refractivity contribution in [2.24, 2.45) is 0 Å². The van der Waals surface area contributed by atoms with Gasteiger partial charge in [-0.2, -0.15) is 0 Å². The summed E-state index contributed by atoms with van der Waals surface area (Å²) in [7, 11) is -3.29. The van der Waals surface area contributed by atoms with Crippen LogP contribution >= 0.6 is 0 Å². The lowest BCUT2D eigenvalue weighted by molar-refractivity contribution is -0.117. The molecule has 1 aromatic heterocycles. The third kappa shape index (κ3) is 4.43. The van der Waals surface area contributed by atoms with Gasteiger partial charge in [-0.3, -0.25) is 9.59 Å². The number of sulfone groups is 1. The van der Waals surface area contributed by atoms with Gasteiger partial charge in [0.15, 0.2) is 15.6 Å². The molecule has 1 atom stereocenters. The highest BCUT2D eigenvalue weighted by atomic mass is 32.2. The van der Waals surface area contributed by atoms with Crippen molar-refractivity contribution in [3.05, 3.63) is 48.4 Å². The number of hydrogen-bond donors (Lipinski definition) is 2. The van der Waals surface area contributed by atoms with Crippen molar-refractivity contribution >= 4 is 27.3 Å². The first-order valence-electron chi connectivity index (χ1n) is 6.73. The SMILES string of the molecule is C[C@H](NC(=O)c1ccco1)C(=O)Nc1ccc(S(C)(=O)=O)cc1. The van der Waals surface area contributed by atoms with Crippen molar-refractivity contribution < 1.29 is 22.4 Å². The smallest absolute Gasteiger partial charge is 0.287 e. The number of hydrogen-bond acceptors (Lipinski definition) is 5. The van der Waals surface area contributed by atoms with E-state index in [1.54, 1.807) is 6.07 Å². The predicted molar refractivity (Wildman–Crippen MR) is 83.8 cm³/mol. The first-order chi connectivity index (χ1) is 10.8. The van der Waals surface area contributed by atoms with Gasteiger partial charge in [0.05, 0.1) is 11.2 Å². The molecule has 1 heterocycles. The summed E-state index contributed by atoms with van der Waals surface area (Å²) in [6, 6.07) is 8.04. The molecule has 0 radical (unpaired) electrons. The first kappa shape index (κ1) is 16.8. The van der Waals surface area contributed by atoms with Crippen LogP contribution in [0.15, 0.2) is 52.0 Å². The van der Waals surface area contributed by atoms with Crippen molar-refractivity contribution in [1.29, 1.82) is 0 Å². The lowest BCUT2D eigenvalue weighted by Gasteiger charge is -2.13. The molecule has 0 fully saturated rings. The predicted octanol–water partition coefficient (Wildman–Crippen LogP) is 1.44. The second-order valence-electron chi connectivity index (χ2n) is 4.96. The van der Waals surface area contributed by atoms with Gasteiger partial charge in [0.25, 0.3) is 5.91 Å². The molecular weight excluding hydrogens is 320 g/mol. The van der Waals surface area contributed by atoms with Crippen molar-refractivity contribution in [2.75, 3.05) is 11.6 Å². The Balaban J connectivity index is 1.97. The molecule has 2 N–H and O–H groups in total. The van der Waals surface area contributed by atoms with Crippen LogP contribution in [0.4, 0.5) is 5.69 Å². The van der Waals surface area contributed by atoms with Gasteiger partial charge in [0.1, 0.15) is 6.04 Å². The molecular formula is C15H16N2O5S. The van der Waals surface area contributed by atoms with E-state index in [0.29, 0.717) is 5.69 Å². The van der Waals surface area contributed by atoms with Crippen LogP contribution in [0.3, 0.4) is 0 Å². The molecule has 0 saturated heterocycles. The van der Waals surface area contributed by atoms with E-state index < -0.39 is 27.7 Å². The zero-order chi connectivity index (χ0) is 17.0. The lowest BCUT2D eigenvalue weighted by atomic mass is 10.2. The van der Waals surface area contributed by atoms with Gasteiger partial charge in [-0.1, -0.05) is 0 Å². The minimum atomic E-state index is -3.29. The van der Waals surface area contributed by atoms with Gasteiger partial charge in [-0.05, 0) is 43.3 Å². The Morgan fingerprint density at radius 2 is 1.78 bits per heavy atom. The number of carbonyl (C=O) groups is 2. The molecule has 2 aromatic rings. The van der Waals surface area contributed by atoms with Crippen LogP contribution in [0.2, 0.25) is 0 Å². The number of carbonyl (C=O) groups excluding carboxylic acids is 2. The van der Waals surface area contributed by atoms with Gasteiger partial charge in [0.2, 0.25) is 5.91 Å². The number of furan rings is 1. The maximum Gasteiger partial charge on any atom is 0.287 e. The zero-order valence-electron chi connectivity index (χ0n) is 12.6. The summed E-state index contributed by atoms with van der Waals surface area (Å²) in [5, 5.41) is 5.09. The summed E-state index contributed by atoms with van der Waals surface area (Å²) in [6.45, 7) is 1.53. The van der Waals surface area contributed by atoms with Crippen LogP contribution in [0, 0.1) is 0 Å². The number of anilines is 1. The fourth-order valence-electron chi connectivity index (χ4n) is 1.78. The summed E-state index contributed by atoms with van der Waals surface area (Å²) in [6.07, 6.45) is 2.47. The molecule has 7 nitrogen and oxygen atoms in total. The Labute approximate surface area is 133 Å². The standard InChI is InChI=1S/C15H16N2O5S/c1-10(16-15(19)13-4-3-9-22-13)14(18)17-11-5-7-12(8-6-11)23(2,20)21/h3-10H,1-2H3,(H,16,19)(H,17,18)/t10-/m0/s1. The van der Waals surface area contributed by atoms with Crippen LogP contribution in [0.5, 0.6) is 0 Å². The summed E-state index contributed by atoms with van der Waals surface area (Å²) in [5.41, 5.74) is 0.432. The molecule has 23 heavy (non-hydrogen) atoms. The Morgan fingerprint density at radius 1 is 1.13 bits per heavy atom. The molecule has 2 amide bonds. The van der Waals surface area contributed by atoms with E-state index in [2.05, 4.69) is 10.6 Å². The van der Waals surface area contributed by atoms with Crippen LogP contribution in [-0.2, 0) is 14.6 Å². The molecule has 0 aliphatic rings. The fraction of sp³-hybridized carbons (Fsp3) is 0.200. The summed E-state index contributed by atoms with van der Waals surface area (Å²) in [5.74, 6) is -0.816. The summed E-state index contributed by atoms with van der Waals surface area (Å²) < 4.78 is 27.7. The van der Waals surface area contributed by atoms with Crippen molar-refractivity contribution in [3.63, 3.8) is 0 Å². The third-order valence-electron chi connectivity index (χ3n) is 3.04. The molecule has 0 saturated carbocycles. The van der Waals surface area contributed by atoms with E-state index in [-0.39, 0.29) is 10.7 Å². The second-order valence-corrected chi connectivity index (χ2v) is 6.97. The summed E-state index contributed by atoms with van der Waals surface area (Å²) in [4.78, 5) is 24.0. The fourth-order valence-corrected chi connectivity index (χ4v) is 2.41. The van der Waals surface area contributed by atoms with Crippen LogP contribution in [-0.4, -0.2) is 32.5 Å². The van der Waals surface area contributed by atoms with Crippen molar-refractivity contribution in [2.45, 2.75) is 17.9 Å². The first-order valence-corrected chi connectivity index (χ1v) is 8.62. The Kier molecular flexibility index (Phi) is 4.85. The van der Waals surface area contributed by atoms with Gasteiger partial charge in [-0.25, -0.2) is 8.42 Å². The monoisotopic (exact) mass is 336 g/mol. The topological polar surface area (TPSA) is 105 Å². The Morgan fingerprint density at radius 3 is 2.30 bits per heavy atom. The highest BCUT2D eigenvalue weighted by Crippen LogP contribution is 2.14. The Hall–Kier alpha value is -2.61. The number of amides is 2. The Bertz CT molecular complexity index is 795. The van der Waals surface area contributed by atoms with E-state index >= 15 is 0 Å². The van der Waals surface area contributed by atoms with E-state index in [1.165, 1.54) is 43.5 Å². The minimum absolute atomic E-state index is 0.113. The second kappa shape index (κ2) is 6.66. The lowest BCUT2D eigenvalue weighted by Crippen LogP contribution is -2.41.